The number of ether oxygens (including phenoxy) is 1. The maximum absolute atomic E-state index is 9.55. The Bertz CT molecular complexity index is 1060. The van der Waals surface area contributed by atoms with Crippen molar-refractivity contribution in [3.05, 3.63) is 75.8 Å². The zero-order valence-corrected chi connectivity index (χ0v) is 19.5. The SMILES string of the molecule is Clc1ccc(-c2cccc3c2CC=C3CCN2CCOCC2)cc1Cl.O=C(O)C=CC(=O)O. The Morgan fingerprint density at radius 2 is 1.64 bits per heavy atom. The van der Waals surface area contributed by atoms with Gasteiger partial charge in [-0.05, 0) is 52.8 Å². The normalized spacial score (nSPS) is 15.5. The molecule has 0 radical (unpaired) electrons. The van der Waals surface area contributed by atoms with E-state index in [2.05, 4.69) is 35.2 Å². The highest BCUT2D eigenvalue weighted by molar-refractivity contribution is 6.42. The van der Waals surface area contributed by atoms with Crippen LogP contribution in [0, 0.1) is 0 Å². The number of allylic oxidation sites excluding steroid dienone is 1. The number of morpholine rings is 1. The van der Waals surface area contributed by atoms with Crippen molar-refractivity contribution in [3.8, 4) is 11.1 Å². The summed E-state index contributed by atoms with van der Waals surface area (Å²) in [7, 11) is 0. The summed E-state index contributed by atoms with van der Waals surface area (Å²) in [4.78, 5) is 21.6. The molecule has 1 aliphatic carbocycles. The van der Waals surface area contributed by atoms with Gasteiger partial charge in [-0.15, -0.1) is 0 Å². The van der Waals surface area contributed by atoms with E-state index in [4.69, 9.17) is 38.2 Å². The van der Waals surface area contributed by atoms with Crippen molar-refractivity contribution in [3.63, 3.8) is 0 Å². The fraction of sp³-hybridized carbons (Fsp3) is 0.280. The number of nitrogens with zero attached hydrogens (tertiary/aromatic N) is 1. The Kier molecular flexibility index (Phi) is 9.09. The molecule has 2 N–H and O–H groups in total. The number of rotatable bonds is 6. The summed E-state index contributed by atoms with van der Waals surface area (Å²) >= 11 is 12.3. The number of fused-ring (bicyclic) bond motifs is 1. The molecule has 1 saturated heterocycles. The van der Waals surface area contributed by atoms with Crippen LogP contribution in [0.1, 0.15) is 17.5 Å². The van der Waals surface area contributed by atoms with Gasteiger partial charge in [0.15, 0.2) is 0 Å². The molecule has 174 valence electrons. The molecule has 1 fully saturated rings. The second kappa shape index (κ2) is 12.0. The first kappa shape index (κ1) is 25.0. The smallest absolute Gasteiger partial charge is 0.328 e. The van der Waals surface area contributed by atoms with Gasteiger partial charge < -0.3 is 14.9 Å². The van der Waals surface area contributed by atoms with E-state index in [0.29, 0.717) is 22.2 Å². The zero-order valence-electron chi connectivity index (χ0n) is 18.0. The lowest BCUT2D eigenvalue weighted by Crippen LogP contribution is -2.36. The van der Waals surface area contributed by atoms with Gasteiger partial charge in [-0.3, -0.25) is 4.90 Å². The number of hydrogen-bond donors (Lipinski definition) is 2. The van der Waals surface area contributed by atoms with Gasteiger partial charge in [0.25, 0.3) is 0 Å². The standard InChI is InChI=1S/C21H21Cl2NO.C4H4O4/c22-20-7-5-16(14-21(20)23)18-3-1-2-17-15(4-6-19(17)18)8-9-24-10-12-25-13-11-24;5-3(6)1-2-4(7)8/h1-5,7,14H,6,8-13H2;1-2H,(H,5,6)(H,7,8). The van der Waals surface area contributed by atoms with Crippen LogP contribution in [0.15, 0.2) is 54.6 Å². The van der Waals surface area contributed by atoms with Gasteiger partial charge in [-0.1, -0.05) is 53.5 Å². The van der Waals surface area contributed by atoms with Gasteiger partial charge in [0, 0.05) is 31.8 Å². The molecule has 1 aliphatic heterocycles. The average Bonchev–Trinajstić information content (AvgIpc) is 3.22. The van der Waals surface area contributed by atoms with Crippen molar-refractivity contribution in [1.82, 2.24) is 4.90 Å². The van der Waals surface area contributed by atoms with Crippen LogP contribution < -0.4 is 0 Å². The Morgan fingerprint density at radius 3 is 2.27 bits per heavy atom. The van der Waals surface area contributed by atoms with Gasteiger partial charge >= 0.3 is 11.9 Å². The zero-order chi connectivity index (χ0) is 23.8. The van der Waals surface area contributed by atoms with Crippen LogP contribution in [0.2, 0.25) is 10.0 Å². The Labute approximate surface area is 202 Å². The highest BCUT2D eigenvalue weighted by atomic mass is 35.5. The predicted molar refractivity (Wildman–Crippen MR) is 130 cm³/mol. The maximum Gasteiger partial charge on any atom is 0.328 e. The first-order valence-electron chi connectivity index (χ1n) is 10.6. The first-order chi connectivity index (χ1) is 15.8. The van der Waals surface area contributed by atoms with Crippen molar-refractivity contribution >= 4 is 40.7 Å². The van der Waals surface area contributed by atoms with Gasteiger partial charge in [0.1, 0.15) is 0 Å². The minimum atomic E-state index is -1.26. The highest BCUT2D eigenvalue weighted by Gasteiger charge is 2.19. The van der Waals surface area contributed by atoms with Crippen LogP contribution in [0.4, 0.5) is 0 Å². The number of aliphatic carboxylic acids is 2. The first-order valence-corrected chi connectivity index (χ1v) is 11.3. The van der Waals surface area contributed by atoms with Crippen LogP contribution in [0.3, 0.4) is 0 Å². The van der Waals surface area contributed by atoms with Gasteiger partial charge in [-0.2, -0.15) is 0 Å². The molecule has 8 heteroatoms. The molecule has 2 aromatic carbocycles. The molecule has 0 spiro atoms. The topological polar surface area (TPSA) is 87.1 Å². The number of benzene rings is 2. The van der Waals surface area contributed by atoms with Crippen LogP contribution >= 0.6 is 23.2 Å². The second-order valence-electron chi connectivity index (χ2n) is 7.61. The molecule has 1 heterocycles. The lowest BCUT2D eigenvalue weighted by Gasteiger charge is -2.26. The van der Waals surface area contributed by atoms with Gasteiger partial charge in [0.2, 0.25) is 0 Å². The van der Waals surface area contributed by atoms with Gasteiger partial charge in [-0.25, -0.2) is 9.59 Å². The molecular formula is C25H25Cl2NO5. The molecule has 0 bridgehead atoms. The van der Waals surface area contributed by atoms with Crippen molar-refractivity contribution in [1.29, 1.82) is 0 Å². The Morgan fingerprint density at radius 1 is 0.970 bits per heavy atom. The molecule has 0 atom stereocenters. The highest BCUT2D eigenvalue weighted by Crippen LogP contribution is 2.38. The molecular weight excluding hydrogens is 465 g/mol. The third kappa shape index (κ3) is 7.17. The van der Waals surface area contributed by atoms with E-state index in [0.717, 1.165) is 51.3 Å². The van der Waals surface area contributed by atoms with Crippen molar-refractivity contribution < 1.29 is 24.5 Å². The number of halogens is 2. The van der Waals surface area contributed by atoms with Crippen molar-refractivity contribution in [2.45, 2.75) is 12.8 Å². The molecule has 4 rings (SSSR count). The quantitative estimate of drug-likeness (QED) is 0.553. The molecule has 0 aromatic heterocycles. The van der Waals surface area contributed by atoms with Crippen molar-refractivity contribution in [2.75, 3.05) is 32.8 Å². The lowest BCUT2D eigenvalue weighted by molar-refractivity contribution is -0.134. The summed E-state index contributed by atoms with van der Waals surface area (Å²) < 4.78 is 5.43. The third-order valence-electron chi connectivity index (χ3n) is 5.47. The Hall–Kier alpha value is -2.64. The van der Waals surface area contributed by atoms with Crippen LogP contribution in [-0.4, -0.2) is 59.9 Å². The number of hydrogen-bond acceptors (Lipinski definition) is 4. The van der Waals surface area contributed by atoms with E-state index < -0.39 is 11.9 Å². The summed E-state index contributed by atoms with van der Waals surface area (Å²) in [6.45, 7) is 4.91. The summed E-state index contributed by atoms with van der Waals surface area (Å²) in [5.41, 5.74) is 6.64. The molecule has 2 aromatic rings. The molecule has 6 nitrogen and oxygen atoms in total. The van der Waals surface area contributed by atoms with Gasteiger partial charge in [0.05, 0.1) is 23.3 Å². The van der Waals surface area contributed by atoms with E-state index in [1.54, 1.807) is 0 Å². The number of carboxylic acids is 2. The van der Waals surface area contributed by atoms with E-state index in [9.17, 15) is 9.59 Å². The summed E-state index contributed by atoms with van der Waals surface area (Å²) in [5.74, 6) is -2.51. The number of carboxylic acid groups (broad SMARTS) is 2. The maximum atomic E-state index is 9.55. The fourth-order valence-electron chi connectivity index (χ4n) is 3.86. The molecule has 0 saturated carbocycles. The monoisotopic (exact) mass is 489 g/mol. The molecule has 0 unspecified atom stereocenters. The minimum absolute atomic E-state index is 0.558. The summed E-state index contributed by atoms with van der Waals surface area (Å²) in [6.07, 6.45) is 5.58. The minimum Gasteiger partial charge on any atom is -0.478 e. The summed E-state index contributed by atoms with van der Waals surface area (Å²) in [5, 5.41) is 16.8. The van der Waals surface area contributed by atoms with Crippen LogP contribution in [-0.2, 0) is 20.7 Å². The van der Waals surface area contributed by atoms with E-state index in [1.807, 2.05) is 12.1 Å². The number of carbonyl (C=O) groups is 2. The molecule has 0 amide bonds. The second-order valence-corrected chi connectivity index (χ2v) is 8.42. The van der Waals surface area contributed by atoms with E-state index in [-0.39, 0.29) is 0 Å². The largest absolute Gasteiger partial charge is 0.478 e. The Balaban J connectivity index is 0.000000331. The summed E-state index contributed by atoms with van der Waals surface area (Å²) in [6, 6.07) is 12.5. The predicted octanol–water partition coefficient (Wildman–Crippen LogP) is 5.03. The third-order valence-corrected chi connectivity index (χ3v) is 6.21. The lowest BCUT2D eigenvalue weighted by atomic mass is 9.94. The van der Waals surface area contributed by atoms with Crippen LogP contribution in [0.25, 0.3) is 16.7 Å². The van der Waals surface area contributed by atoms with E-state index in [1.165, 1.54) is 22.3 Å². The van der Waals surface area contributed by atoms with E-state index >= 15 is 0 Å². The van der Waals surface area contributed by atoms with Crippen LogP contribution in [0.5, 0.6) is 0 Å². The average molecular weight is 490 g/mol. The molecule has 2 aliphatic rings. The van der Waals surface area contributed by atoms with Crippen molar-refractivity contribution in [2.24, 2.45) is 0 Å². The molecule has 33 heavy (non-hydrogen) atoms. The fourth-order valence-corrected chi connectivity index (χ4v) is 4.16.